The van der Waals surface area contributed by atoms with Crippen LogP contribution in [0.3, 0.4) is 0 Å². The van der Waals surface area contributed by atoms with Gasteiger partial charge in [-0.2, -0.15) is 10.2 Å². The van der Waals surface area contributed by atoms with Gasteiger partial charge < -0.3 is 9.84 Å². The van der Waals surface area contributed by atoms with Crippen molar-refractivity contribution in [1.29, 1.82) is 0 Å². The van der Waals surface area contributed by atoms with Gasteiger partial charge in [0.1, 0.15) is 5.76 Å². The van der Waals surface area contributed by atoms with Gasteiger partial charge in [-0.05, 0) is 32.4 Å². The number of aromatic nitrogens is 5. The molecule has 0 saturated carbocycles. The molecule has 0 unspecified atom stereocenters. The molecule has 0 radical (unpaired) electrons. The first-order chi connectivity index (χ1) is 14.8. The van der Waals surface area contributed by atoms with Gasteiger partial charge in [0.15, 0.2) is 5.69 Å². The molecule has 0 aliphatic heterocycles. The topological polar surface area (TPSA) is 90.8 Å². The van der Waals surface area contributed by atoms with Gasteiger partial charge in [-0.25, -0.2) is 0 Å². The van der Waals surface area contributed by atoms with E-state index in [1.807, 2.05) is 38.1 Å². The number of rotatable bonds is 6. The number of hydrogen-bond acceptors (Lipinski definition) is 5. The lowest BCUT2D eigenvalue weighted by molar-refractivity contribution is 0.101. The van der Waals surface area contributed by atoms with Crippen molar-refractivity contribution >= 4 is 34.8 Å². The third-order valence-corrected chi connectivity index (χ3v) is 5.90. The minimum Gasteiger partial charge on any atom is -0.361 e. The fourth-order valence-corrected chi connectivity index (χ4v) is 3.57. The highest BCUT2D eigenvalue weighted by molar-refractivity contribution is 6.32. The lowest BCUT2D eigenvalue weighted by Gasteiger charge is -2.06. The Morgan fingerprint density at radius 3 is 2.65 bits per heavy atom. The molecule has 3 heterocycles. The third kappa shape index (κ3) is 4.35. The molecule has 4 rings (SSSR count). The van der Waals surface area contributed by atoms with Crippen molar-refractivity contribution in [2.75, 3.05) is 5.32 Å². The number of halogens is 2. The molecule has 0 fully saturated rings. The largest absolute Gasteiger partial charge is 0.361 e. The summed E-state index contributed by atoms with van der Waals surface area (Å²) >= 11 is 12.4. The highest BCUT2D eigenvalue weighted by Gasteiger charge is 2.22. The predicted octanol–water partition coefficient (Wildman–Crippen LogP) is 4.65. The first kappa shape index (κ1) is 21.1. The maximum absolute atomic E-state index is 12.9. The van der Waals surface area contributed by atoms with Crippen LogP contribution in [0.5, 0.6) is 0 Å². The normalized spacial score (nSPS) is 11.1. The van der Waals surface area contributed by atoms with Crippen LogP contribution >= 0.6 is 23.2 Å². The average Bonchev–Trinajstić information content (AvgIpc) is 3.40. The molecule has 0 saturated heterocycles. The van der Waals surface area contributed by atoms with E-state index in [9.17, 15) is 4.79 Å². The van der Waals surface area contributed by atoms with Gasteiger partial charge in [-0.3, -0.25) is 14.2 Å². The second-order valence-electron chi connectivity index (χ2n) is 7.18. The molecule has 0 aliphatic carbocycles. The van der Waals surface area contributed by atoms with E-state index in [1.54, 1.807) is 28.7 Å². The fourth-order valence-electron chi connectivity index (χ4n) is 3.24. The Kier molecular flexibility index (Phi) is 5.84. The number of carbonyl (C=O) groups excluding carboxylic acids is 1. The number of amides is 1. The minimum absolute atomic E-state index is 0.194. The number of carbonyl (C=O) groups is 1. The standard InChI is InChI=1S/C21H20Cl2N6O2/c1-12-19(23)13(2)29(26-12)11-17-14(3)31-27-20(17)21(30)25-16-8-24-28(10-16)9-15-6-4-5-7-18(15)22/h4-8,10H,9,11H2,1-3H3,(H,25,30). The van der Waals surface area contributed by atoms with Crippen LogP contribution in [0.25, 0.3) is 0 Å². The Labute approximate surface area is 188 Å². The van der Waals surface area contributed by atoms with E-state index in [-0.39, 0.29) is 5.69 Å². The van der Waals surface area contributed by atoms with E-state index in [0.717, 1.165) is 17.0 Å². The Hall–Kier alpha value is -3.10. The quantitative estimate of drug-likeness (QED) is 0.453. The Morgan fingerprint density at radius 2 is 1.94 bits per heavy atom. The van der Waals surface area contributed by atoms with Crippen molar-refractivity contribution < 1.29 is 9.32 Å². The van der Waals surface area contributed by atoms with E-state index in [1.165, 1.54) is 0 Å². The van der Waals surface area contributed by atoms with Crippen LogP contribution in [0.2, 0.25) is 10.0 Å². The first-order valence-electron chi connectivity index (χ1n) is 9.55. The fraction of sp³-hybridized carbons (Fsp3) is 0.238. The van der Waals surface area contributed by atoms with Gasteiger partial charge in [0, 0.05) is 16.8 Å². The lowest BCUT2D eigenvalue weighted by atomic mass is 10.2. The van der Waals surface area contributed by atoms with Crippen molar-refractivity contribution in [3.05, 3.63) is 80.7 Å². The summed E-state index contributed by atoms with van der Waals surface area (Å²) in [4.78, 5) is 12.9. The zero-order valence-corrected chi connectivity index (χ0v) is 18.7. The molecule has 3 aromatic heterocycles. The SMILES string of the molecule is Cc1nn(Cc2c(C(=O)Nc3cnn(Cc4ccccc4Cl)c3)noc2C)c(C)c1Cl. The highest BCUT2D eigenvalue weighted by atomic mass is 35.5. The van der Waals surface area contributed by atoms with Crippen molar-refractivity contribution in [2.45, 2.75) is 33.9 Å². The Balaban J connectivity index is 1.50. The van der Waals surface area contributed by atoms with Gasteiger partial charge >= 0.3 is 0 Å². The molecule has 1 amide bonds. The summed E-state index contributed by atoms with van der Waals surface area (Å²) in [7, 11) is 0. The monoisotopic (exact) mass is 458 g/mol. The van der Waals surface area contributed by atoms with Crippen LogP contribution in [-0.2, 0) is 13.1 Å². The zero-order chi connectivity index (χ0) is 22.1. The summed E-state index contributed by atoms with van der Waals surface area (Å²) in [5, 5.41) is 16.7. The summed E-state index contributed by atoms with van der Waals surface area (Å²) in [5.41, 5.74) is 3.85. The van der Waals surface area contributed by atoms with Crippen molar-refractivity contribution in [1.82, 2.24) is 24.7 Å². The van der Waals surface area contributed by atoms with Gasteiger partial charge in [-0.1, -0.05) is 46.6 Å². The maximum Gasteiger partial charge on any atom is 0.278 e. The predicted molar refractivity (Wildman–Crippen MR) is 118 cm³/mol. The third-order valence-electron chi connectivity index (χ3n) is 4.98. The molecular formula is C21H20Cl2N6O2. The van der Waals surface area contributed by atoms with Gasteiger partial charge in [0.2, 0.25) is 0 Å². The molecule has 31 heavy (non-hydrogen) atoms. The molecule has 0 atom stereocenters. The highest BCUT2D eigenvalue weighted by Crippen LogP contribution is 2.23. The van der Waals surface area contributed by atoms with E-state index in [4.69, 9.17) is 27.7 Å². The minimum atomic E-state index is -0.392. The number of benzene rings is 1. The maximum atomic E-state index is 12.9. The van der Waals surface area contributed by atoms with Crippen molar-refractivity contribution in [2.24, 2.45) is 0 Å². The lowest BCUT2D eigenvalue weighted by Crippen LogP contribution is -2.16. The van der Waals surface area contributed by atoms with Gasteiger partial charge in [0.05, 0.1) is 41.4 Å². The molecule has 4 aromatic rings. The molecule has 160 valence electrons. The van der Waals surface area contributed by atoms with Crippen LogP contribution in [0.4, 0.5) is 5.69 Å². The first-order valence-corrected chi connectivity index (χ1v) is 10.3. The van der Waals surface area contributed by atoms with Crippen LogP contribution in [0.15, 0.2) is 41.2 Å². The summed E-state index contributed by atoms with van der Waals surface area (Å²) in [5.74, 6) is 0.153. The summed E-state index contributed by atoms with van der Waals surface area (Å²) in [6, 6.07) is 7.54. The molecule has 1 aromatic carbocycles. The molecular weight excluding hydrogens is 439 g/mol. The van der Waals surface area contributed by atoms with E-state index in [0.29, 0.717) is 40.1 Å². The molecule has 0 bridgehead atoms. The van der Waals surface area contributed by atoms with Crippen LogP contribution in [0, 0.1) is 20.8 Å². The zero-order valence-electron chi connectivity index (χ0n) is 17.2. The van der Waals surface area contributed by atoms with Crippen LogP contribution in [-0.4, -0.2) is 30.6 Å². The van der Waals surface area contributed by atoms with Crippen LogP contribution < -0.4 is 5.32 Å². The summed E-state index contributed by atoms with van der Waals surface area (Å²) in [6.45, 7) is 6.28. The second kappa shape index (κ2) is 8.56. The molecule has 8 nitrogen and oxygen atoms in total. The molecule has 1 N–H and O–H groups in total. The summed E-state index contributed by atoms with van der Waals surface area (Å²) < 4.78 is 8.71. The van der Waals surface area contributed by atoms with E-state index in [2.05, 4.69) is 20.7 Å². The number of hydrogen-bond donors (Lipinski definition) is 1. The van der Waals surface area contributed by atoms with E-state index < -0.39 is 5.91 Å². The average molecular weight is 459 g/mol. The van der Waals surface area contributed by atoms with Gasteiger partial charge in [-0.15, -0.1) is 0 Å². The molecule has 0 spiro atoms. The smallest absolute Gasteiger partial charge is 0.278 e. The van der Waals surface area contributed by atoms with Gasteiger partial charge in [0.25, 0.3) is 5.91 Å². The molecule has 10 heteroatoms. The molecule has 0 aliphatic rings. The number of nitrogens with one attached hydrogen (secondary N) is 1. The van der Waals surface area contributed by atoms with Crippen molar-refractivity contribution in [3.63, 3.8) is 0 Å². The summed E-state index contributed by atoms with van der Waals surface area (Å²) in [6.07, 6.45) is 3.30. The van der Waals surface area contributed by atoms with E-state index >= 15 is 0 Å². The number of aryl methyl sites for hydroxylation is 2. The van der Waals surface area contributed by atoms with Crippen molar-refractivity contribution in [3.8, 4) is 0 Å². The number of anilines is 1. The van der Waals surface area contributed by atoms with Crippen LogP contribution in [0.1, 0.15) is 38.8 Å². The second-order valence-corrected chi connectivity index (χ2v) is 7.97. The number of nitrogens with zero attached hydrogens (tertiary/aromatic N) is 5. The Morgan fingerprint density at radius 1 is 1.16 bits per heavy atom. The Bertz CT molecular complexity index is 1260.